The number of halogens is 4. The highest BCUT2D eigenvalue weighted by atomic mass is 19.5. The number of fused-ring (bicyclic) bond motifs is 1. The van der Waals surface area contributed by atoms with Gasteiger partial charge in [0.05, 0.1) is 6.04 Å². The molecule has 1 nitrogen and oxygen atoms in total. The Bertz CT molecular complexity index is 595. The van der Waals surface area contributed by atoms with Gasteiger partial charge in [-0.3, -0.25) is 0 Å². The summed E-state index contributed by atoms with van der Waals surface area (Å²) >= 11 is 0. The Labute approximate surface area is 127 Å². The Kier molecular flexibility index (Phi) is 5.11. The SMILES string of the molecule is CCN1c2ccccc2CC1c1ccccc1.F[B-](F)(F)F. The molecule has 1 atom stereocenters. The molecule has 0 N–H and O–H groups in total. The van der Waals surface area contributed by atoms with E-state index in [0.29, 0.717) is 6.04 Å². The lowest BCUT2D eigenvalue weighted by atomic mass is 10.0. The van der Waals surface area contributed by atoms with E-state index in [-0.39, 0.29) is 0 Å². The lowest BCUT2D eigenvalue weighted by Gasteiger charge is -2.26. The Morgan fingerprint density at radius 3 is 2.09 bits per heavy atom. The second-order valence-electron chi connectivity index (χ2n) is 5.04. The zero-order valence-corrected chi connectivity index (χ0v) is 12.2. The van der Waals surface area contributed by atoms with E-state index in [0.717, 1.165) is 13.0 Å². The maximum atomic E-state index is 9.75. The van der Waals surface area contributed by atoms with E-state index in [1.54, 1.807) is 0 Å². The molecule has 1 heterocycles. The molecule has 2 aromatic carbocycles. The van der Waals surface area contributed by atoms with Crippen molar-refractivity contribution in [3.63, 3.8) is 0 Å². The average molecular weight is 310 g/mol. The van der Waals surface area contributed by atoms with Crippen LogP contribution in [-0.2, 0) is 6.42 Å². The van der Waals surface area contributed by atoms with Crippen LogP contribution in [0, 0.1) is 0 Å². The summed E-state index contributed by atoms with van der Waals surface area (Å²) in [6, 6.07) is 20.1. The largest absolute Gasteiger partial charge is 0.673 e. The van der Waals surface area contributed by atoms with Gasteiger partial charge in [0.1, 0.15) is 0 Å². The van der Waals surface area contributed by atoms with E-state index in [1.807, 2.05) is 0 Å². The Balaban J connectivity index is 0.000000309. The maximum absolute atomic E-state index is 9.75. The van der Waals surface area contributed by atoms with Crippen LogP contribution < -0.4 is 4.90 Å². The van der Waals surface area contributed by atoms with E-state index >= 15 is 0 Å². The van der Waals surface area contributed by atoms with Crippen LogP contribution in [0.5, 0.6) is 0 Å². The Hall–Kier alpha value is -1.98. The molecule has 0 bridgehead atoms. The van der Waals surface area contributed by atoms with E-state index in [4.69, 9.17) is 0 Å². The number of benzene rings is 2. The summed E-state index contributed by atoms with van der Waals surface area (Å²) in [5, 5.41) is 0. The second kappa shape index (κ2) is 6.86. The van der Waals surface area contributed by atoms with Gasteiger partial charge in [0.25, 0.3) is 0 Å². The van der Waals surface area contributed by atoms with E-state index in [2.05, 4.69) is 66.4 Å². The van der Waals surface area contributed by atoms with Crippen molar-refractivity contribution >= 4 is 12.9 Å². The van der Waals surface area contributed by atoms with Crippen molar-refractivity contribution in [2.45, 2.75) is 19.4 Å². The van der Waals surface area contributed by atoms with Gasteiger partial charge in [-0.15, -0.1) is 0 Å². The van der Waals surface area contributed by atoms with Crippen molar-refractivity contribution in [1.29, 1.82) is 0 Å². The first-order chi connectivity index (χ1) is 10.4. The van der Waals surface area contributed by atoms with Crippen LogP contribution in [-0.4, -0.2) is 13.8 Å². The van der Waals surface area contributed by atoms with E-state index in [1.165, 1.54) is 16.8 Å². The Morgan fingerprint density at radius 2 is 1.50 bits per heavy atom. The molecule has 0 aromatic heterocycles. The highest BCUT2D eigenvalue weighted by molar-refractivity contribution is 6.50. The minimum atomic E-state index is -6.00. The summed E-state index contributed by atoms with van der Waals surface area (Å²) in [6.07, 6.45) is 1.13. The van der Waals surface area contributed by atoms with Crippen molar-refractivity contribution in [2.75, 3.05) is 11.4 Å². The van der Waals surface area contributed by atoms with Crippen molar-refractivity contribution in [2.24, 2.45) is 0 Å². The summed E-state index contributed by atoms with van der Waals surface area (Å²) in [5.74, 6) is 0. The van der Waals surface area contributed by atoms with Gasteiger partial charge in [-0.25, -0.2) is 0 Å². The minimum absolute atomic E-state index is 0.513. The zero-order chi connectivity index (χ0) is 16.2. The third kappa shape index (κ3) is 4.26. The van der Waals surface area contributed by atoms with E-state index < -0.39 is 7.25 Å². The molecule has 1 unspecified atom stereocenters. The lowest BCUT2D eigenvalue weighted by Crippen LogP contribution is -2.24. The first-order valence-corrected chi connectivity index (χ1v) is 7.17. The standard InChI is InChI=1S/C16H17N.BF4/c1-2-17-15-11-7-6-10-14(15)12-16(17)13-8-4-3-5-9-13;2-1(3,4)5/h3-11,16H,2,12H2,1H3;/q;-1. The molecule has 6 heteroatoms. The van der Waals surface area contributed by atoms with E-state index in [9.17, 15) is 17.3 Å². The monoisotopic (exact) mass is 310 g/mol. The topological polar surface area (TPSA) is 3.24 Å². The van der Waals surface area contributed by atoms with Crippen LogP contribution in [0.4, 0.5) is 23.0 Å². The number of hydrogen-bond donors (Lipinski definition) is 0. The normalized spacial score (nSPS) is 16.8. The van der Waals surface area contributed by atoms with Gasteiger partial charge in [-0.1, -0.05) is 48.5 Å². The maximum Gasteiger partial charge on any atom is 0.673 e. The van der Waals surface area contributed by atoms with Gasteiger partial charge in [-0.05, 0) is 30.5 Å². The molecule has 0 saturated heterocycles. The molecule has 1 aliphatic rings. The van der Waals surface area contributed by atoms with Gasteiger partial charge >= 0.3 is 7.25 Å². The third-order valence-electron chi connectivity index (χ3n) is 3.62. The Morgan fingerprint density at radius 1 is 0.955 bits per heavy atom. The number of rotatable bonds is 2. The molecule has 0 saturated carbocycles. The van der Waals surface area contributed by atoms with Crippen molar-refractivity contribution in [1.82, 2.24) is 0 Å². The van der Waals surface area contributed by atoms with Crippen LogP contribution >= 0.6 is 0 Å². The highest BCUT2D eigenvalue weighted by Gasteiger charge is 2.28. The fourth-order valence-corrected chi connectivity index (χ4v) is 2.81. The smallest absolute Gasteiger partial charge is 0.418 e. The number of likely N-dealkylation sites (N-methyl/N-ethyl adjacent to an activating group) is 1. The van der Waals surface area contributed by atoms with Crippen LogP contribution in [0.1, 0.15) is 24.1 Å². The molecule has 22 heavy (non-hydrogen) atoms. The molecule has 0 spiro atoms. The summed E-state index contributed by atoms with van der Waals surface area (Å²) in [6.45, 7) is 3.30. The molecule has 118 valence electrons. The number of nitrogens with zero attached hydrogens (tertiary/aromatic N) is 1. The predicted octanol–water partition coefficient (Wildman–Crippen LogP) is 5.11. The van der Waals surface area contributed by atoms with Crippen molar-refractivity contribution < 1.29 is 17.3 Å². The van der Waals surface area contributed by atoms with Crippen LogP contribution in [0.3, 0.4) is 0 Å². The van der Waals surface area contributed by atoms with Gasteiger partial charge in [0.2, 0.25) is 0 Å². The number of para-hydroxylation sites is 1. The molecular weight excluding hydrogens is 293 g/mol. The first-order valence-electron chi connectivity index (χ1n) is 7.17. The van der Waals surface area contributed by atoms with Gasteiger partial charge < -0.3 is 22.2 Å². The molecule has 0 amide bonds. The summed E-state index contributed by atoms with van der Waals surface area (Å²) in [7, 11) is -6.00. The highest BCUT2D eigenvalue weighted by Crippen LogP contribution is 2.39. The van der Waals surface area contributed by atoms with Crippen LogP contribution in [0.15, 0.2) is 54.6 Å². The van der Waals surface area contributed by atoms with Crippen molar-refractivity contribution in [3.8, 4) is 0 Å². The number of anilines is 1. The molecule has 1 aliphatic heterocycles. The van der Waals surface area contributed by atoms with Gasteiger partial charge in [0, 0.05) is 12.2 Å². The average Bonchev–Trinajstić information content (AvgIpc) is 2.85. The van der Waals surface area contributed by atoms with Crippen LogP contribution in [0.2, 0.25) is 0 Å². The van der Waals surface area contributed by atoms with Crippen molar-refractivity contribution in [3.05, 3.63) is 65.7 Å². The predicted molar refractivity (Wildman–Crippen MR) is 82.5 cm³/mol. The summed E-state index contributed by atoms with van der Waals surface area (Å²) < 4.78 is 39.0. The fraction of sp³-hybridized carbons (Fsp3) is 0.250. The molecular formula is C16H17BF4N-. The third-order valence-corrected chi connectivity index (χ3v) is 3.62. The lowest BCUT2D eigenvalue weighted by molar-refractivity contribution is 0.368. The van der Waals surface area contributed by atoms with Gasteiger partial charge in [0.15, 0.2) is 0 Å². The second-order valence-corrected chi connectivity index (χ2v) is 5.04. The summed E-state index contributed by atoms with van der Waals surface area (Å²) in [5.41, 5.74) is 4.30. The fourth-order valence-electron chi connectivity index (χ4n) is 2.81. The molecule has 2 aromatic rings. The molecule has 0 aliphatic carbocycles. The zero-order valence-electron chi connectivity index (χ0n) is 12.2. The molecule has 0 radical (unpaired) electrons. The molecule has 0 fully saturated rings. The minimum Gasteiger partial charge on any atom is -0.418 e. The number of hydrogen-bond acceptors (Lipinski definition) is 1. The van der Waals surface area contributed by atoms with Crippen LogP contribution in [0.25, 0.3) is 0 Å². The van der Waals surface area contributed by atoms with Gasteiger partial charge in [-0.2, -0.15) is 0 Å². The summed E-state index contributed by atoms with van der Waals surface area (Å²) in [4.78, 5) is 2.50. The first kappa shape index (κ1) is 16.4. The quantitative estimate of drug-likeness (QED) is 0.550. The molecule has 3 rings (SSSR count).